The summed E-state index contributed by atoms with van der Waals surface area (Å²) in [5.41, 5.74) is 7.60. The number of carbonyl (C=O) groups excluding carboxylic acids is 2. The van der Waals surface area contributed by atoms with Crippen LogP contribution in [-0.2, 0) is 29.1 Å². The van der Waals surface area contributed by atoms with Crippen molar-refractivity contribution in [2.45, 2.75) is 52.1 Å². The highest BCUT2D eigenvalue weighted by Crippen LogP contribution is 2.28. The summed E-state index contributed by atoms with van der Waals surface area (Å²) in [6, 6.07) is 16.9. The van der Waals surface area contributed by atoms with E-state index < -0.39 is 11.2 Å². The van der Waals surface area contributed by atoms with Crippen LogP contribution in [-0.4, -0.2) is 21.4 Å². The number of nitrogens with one attached hydrogen (secondary N) is 2. The molecule has 9 nitrogen and oxygen atoms in total. The van der Waals surface area contributed by atoms with Crippen LogP contribution in [0.1, 0.15) is 43.7 Å². The predicted molar refractivity (Wildman–Crippen MR) is 140 cm³/mol. The number of para-hydroxylation sites is 1. The molecule has 1 unspecified atom stereocenters. The van der Waals surface area contributed by atoms with Gasteiger partial charge in [-0.05, 0) is 36.5 Å². The molecule has 0 radical (unpaired) electrons. The number of hydrogen-bond acceptors (Lipinski definition) is 5. The highest BCUT2D eigenvalue weighted by atomic mass is 16.2. The van der Waals surface area contributed by atoms with Gasteiger partial charge in [-0.2, -0.15) is 0 Å². The summed E-state index contributed by atoms with van der Waals surface area (Å²) in [5, 5.41) is 2.91. The van der Waals surface area contributed by atoms with Crippen LogP contribution < -0.4 is 27.2 Å². The highest BCUT2D eigenvalue weighted by molar-refractivity contribution is 5.98. The van der Waals surface area contributed by atoms with E-state index in [1.165, 1.54) is 9.47 Å². The molecule has 2 heterocycles. The molecule has 0 spiro atoms. The lowest BCUT2D eigenvalue weighted by Crippen LogP contribution is -2.41. The number of nitrogens with two attached hydrogens (primary N) is 1. The molecule has 1 aliphatic heterocycles. The van der Waals surface area contributed by atoms with Crippen molar-refractivity contribution >= 4 is 29.0 Å². The van der Waals surface area contributed by atoms with E-state index in [9.17, 15) is 19.2 Å². The third-order valence-corrected chi connectivity index (χ3v) is 6.52. The van der Waals surface area contributed by atoms with Crippen LogP contribution in [0.4, 0.5) is 17.2 Å². The Morgan fingerprint density at radius 1 is 1.08 bits per heavy atom. The number of H-pyrrole nitrogens is 1. The predicted octanol–water partition coefficient (Wildman–Crippen LogP) is 3.04. The van der Waals surface area contributed by atoms with Crippen LogP contribution in [0.15, 0.2) is 64.2 Å². The first-order valence-corrected chi connectivity index (χ1v) is 12.2. The molecule has 0 saturated heterocycles. The number of unbranched alkanes of at least 4 members (excludes halogenated alkanes) is 1. The maximum absolute atomic E-state index is 13.6. The third-order valence-electron chi connectivity index (χ3n) is 6.52. The average Bonchev–Trinajstić information content (AvgIpc) is 2.87. The first-order valence-electron chi connectivity index (χ1n) is 12.2. The fourth-order valence-electron chi connectivity index (χ4n) is 4.51. The summed E-state index contributed by atoms with van der Waals surface area (Å²) in [4.78, 5) is 55.2. The van der Waals surface area contributed by atoms with Gasteiger partial charge in [0, 0.05) is 24.6 Å². The minimum atomic E-state index is -0.709. The molecular formula is C27H31N5O4. The van der Waals surface area contributed by atoms with E-state index in [0.717, 1.165) is 23.2 Å². The van der Waals surface area contributed by atoms with Crippen LogP contribution in [0.2, 0.25) is 0 Å². The first-order chi connectivity index (χ1) is 17.4. The Labute approximate surface area is 208 Å². The second-order valence-electron chi connectivity index (χ2n) is 9.05. The van der Waals surface area contributed by atoms with Crippen LogP contribution in [0, 0.1) is 5.92 Å². The maximum Gasteiger partial charge on any atom is 0.330 e. The number of anilines is 3. The van der Waals surface area contributed by atoms with Gasteiger partial charge < -0.3 is 16.0 Å². The molecule has 0 aliphatic carbocycles. The second kappa shape index (κ2) is 11.1. The number of benzene rings is 2. The van der Waals surface area contributed by atoms with Crippen molar-refractivity contribution in [3.8, 4) is 0 Å². The summed E-state index contributed by atoms with van der Waals surface area (Å²) in [5.74, 6) is -0.868. The molecule has 1 aliphatic rings. The van der Waals surface area contributed by atoms with Gasteiger partial charge in [0.1, 0.15) is 5.82 Å². The number of fused-ring (bicyclic) bond motifs is 1. The molecule has 1 aromatic heterocycles. The Morgan fingerprint density at radius 3 is 2.56 bits per heavy atom. The zero-order chi connectivity index (χ0) is 25.7. The zero-order valence-corrected chi connectivity index (χ0v) is 20.3. The molecule has 4 N–H and O–H groups in total. The fourth-order valence-corrected chi connectivity index (χ4v) is 4.51. The van der Waals surface area contributed by atoms with Gasteiger partial charge in [0.05, 0.1) is 6.54 Å². The lowest BCUT2D eigenvalue weighted by atomic mass is 9.89. The molecule has 2 amide bonds. The van der Waals surface area contributed by atoms with Crippen molar-refractivity contribution in [1.29, 1.82) is 0 Å². The number of nitrogen functional groups attached to an aromatic ring is 1. The van der Waals surface area contributed by atoms with Gasteiger partial charge >= 0.3 is 5.69 Å². The molecule has 4 rings (SSSR count). The quantitative estimate of drug-likeness (QED) is 0.425. The minimum Gasteiger partial charge on any atom is -0.383 e. The van der Waals surface area contributed by atoms with Crippen molar-refractivity contribution in [1.82, 2.24) is 9.55 Å². The smallest absolute Gasteiger partial charge is 0.330 e. The number of hydrogen-bond donors (Lipinski definition) is 3. The van der Waals surface area contributed by atoms with Crippen LogP contribution in [0.5, 0.6) is 0 Å². The molecule has 1 atom stereocenters. The first kappa shape index (κ1) is 25.0. The molecule has 36 heavy (non-hydrogen) atoms. The monoisotopic (exact) mass is 489 g/mol. The van der Waals surface area contributed by atoms with Crippen molar-refractivity contribution in [2.75, 3.05) is 16.0 Å². The average molecular weight is 490 g/mol. The standard InChI is InChI=1S/C27H31N5O4/c1-2-3-15-31-24(28)23(26(35)30-27(31)36)32(17-18-9-5-4-6-10-18)22(33)14-13-20-16-19-11-7-8-12-21(19)29-25(20)34/h4-12,20H,2-3,13-17,28H2,1H3,(H,29,34)(H,30,35,36). The summed E-state index contributed by atoms with van der Waals surface area (Å²) in [6.07, 6.45) is 2.43. The van der Waals surface area contributed by atoms with Gasteiger partial charge in [0.15, 0.2) is 5.69 Å². The van der Waals surface area contributed by atoms with Crippen LogP contribution >= 0.6 is 0 Å². The van der Waals surface area contributed by atoms with Gasteiger partial charge in [0.25, 0.3) is 5.56 Å². The number of rotatable bonds is 9. The van der Waals surface area contributed by atoms with E-state index in [1.54, 1.807) is 0 Å². The lowest BCUT2D eigenvalue weighted by Gasteiger charge is -2.27. The number of aromatic amines is 1. The largest absolute Gasteiger partial charge is 0.383 e. The molecule has 0 fully saturated rings. The highest BCUT2D eigenvalue weighted by Gasteiger charge is 2.29. The van der Waals surface area contributed by atoms with E-state index in [4.69, 9.17) is 5.73 Å². The summed E-state index contributed by atoms with van der Waals surface area (Å²) < 4.78 is 1.30. The Morgan fingerprint density at radius 2 is 1.81 bits per heavy atom. The Balaban J connectivity index is 1.62. The SMILES string of the molecule is CCCCn1c(N)c(N(Cc2ccccc2)C(=O)CCC2Cc3ccccc3NC2=O)c(=O)[nH]c1=O. The Hall–Kier alpha value is -4.14. The maximum atomic E-state index is 13.6. The second-order valence-corrected chi connectivity index (χ2v) is 9.05. The molecule has 0 bridgehead atoms. The van der Waals surface area contributed by atoms with Crippen molar-refractivity contribution in [3.63, 3.8) is 0 Å². The van der Waals surface area contributed by atoms with Gasteiger partial charge in [-0.15, -0.1) is 0 Å². The van der Waals surface area contributed by atoms with E-state index in [0.29, 0.717) is 25.8 Å². The van der Waals surface area contributed by atoms with Crippen molar-refractivity contribution < 1.29 is 9.59 Å². The van der Waals surface area contributed by atoms with Crippen LogP contribution in [0.25, 0.3) is 0 Å². The third kappa shape index (κ3) is 5.40. The molecule has 0 saturated carbocycles. The lowest BCUT2D eigenvalue weighted by molar-refractivity contribution is -0.121. The molecular weight excluding hydrogens is 458 g/mol. The Kier molecular flexibility index (Phi) is 7.68. The Bertz CT molecular complexity index is 1360. The fraction of sp³-hybridized carbons (Fsp3) is 0.333. The number of nitrogens with zero attached hydrogens (tertiary/aromatic N) is 2. The normalized spacial score (nSPS) is 14.7. The number of carbonyl (C=O) groups is 2. The van der Waals surface area contributed by atoms with Gasteiger partial charge in [-0.25, -0.2) is 4.79 Å². The van der Waals surface area contributed by atoms with E-state index in [-0.39, 0.29) is 42.2 Å². The summed E-state index contributed by atoms with van der Waals surface area (Å²) >= 11 is 0. The summed E-state index contributed by atoms with van der Waals surface area (Å²) in [7, 11) is 0. The van der Waals surface area contributed by atoms with Crippen molar-refractivity contribution in [2.24, 2.45) is 5.92 Å². The van der Waals surface area contributed by atoms with Gasteiger partial charge in [-0.3, -0.25) is 23.9 Å². The number of amides is 2. The van der Waals surface area contributed by atoms with Gasteiger partial charge in [0.2, 0.25) is 11.8 Å². The van der Waals surface area contributed by atoms with Crippen LogP contribution in [0.3, 0.4) is 0 Å². The van der Waals surface area contributed by atoms with Gasteiger partial charge in [-0.1, -0.05) is 61.9 Å². The van der Waals surface area contributed by atoms with Crippen molar-refractivity contribution in [3.05, 3.63) is 86.6 Å². The van der Waals surface area contributed by atoms with E-state index in [2.05, 4.69) is 10.3 Å². The number of aromatic nitrogens is 2. The zero-order valence-electron chi connectivity index (χ0n) is 20.3. The topological polar surface area (TPSA) is 130 Å². The molecule has 3 aromatic rings. The molecule has 2 aromatic carbocycles. The summed E-state index contributed by atoms with van der Waals surface area (Å²) in [6.45, 7) is 2.43. The van der Waals surface area contributed by atoms with E-state index >= 15 is 0 Å². The molecule has 188 valence electrons. The molecule has 9 heteroatoms. The minimum absolute atomic E-state index is 0.0363. The van der Waals surface area contributed by atoms with E-state index in [1.807, 2.05) is 61.5 Å².